The zero-order valence-electron chi connectivity index (χ0n) is 14.4. The largest absolute Gasteiger partial charge is 0.497 e. The molecule has 3 unspecified atom stereocenters. The van der Waals surface area contributed by atoms with Crippen LogP contribution in [0.15, 0.2) is 24.3 Å². The lowest BCUT2D eigenvalue weighted by Crippen LogP contribution is -2.57. The molecule has 0 heterocycles. The molecule has 0 radical (unpaired) electrons. The fourth-order valence-electron chi connectivity index (χ4n) is 3.17. The summed E-state index contributed by atoms with van der Waals surface area (Å²) in [6.45, 7) is 3.46. The lowest BCUT2D eigenvalue weighted by Gasteiger charge is -2.40. The van der Waals surface area contributed by atoms with Crippen molar-refractivity contribution < 1.29 is 24.2 Å². The van der Waals surface area contributed by atoms with Crippen molar-refractivity contribution >= 4 is 11.9 Å². The van der Waals surface area contributed by atoms with Crippen molar-refractivity contribution in [2.24, 2.45) is 5.92 Å². The second-order valence-corrected chi connectivity index (χ2v) is 6.48. The molecule has 2 N–H and O–H groups in total. The summed E-state index contributed by atoms with van der Waals surface area (Å²) in [4.78, 5) is 23.9. The van der Waals surface area contributed by atoms with Crippen LogP contribution >= 0.6 is 0 Å². The van der Waals surface area contributed by atoms with Gasteiger partial charge in [-0.15, -0.1) is 0 Å². The highest BCUT2D eigenvalue weighted by atomic mass is 16.5. The Morgan fingerprint density at radius 1 is 1.25 bits per heavy atom. The van der Waals surface area contributed by atoms with E-state index in [0.29, 0.717) is 24.3 Å². The van der Waals surface area contributed by atoms with Crippen LogP contribution < -0.4 is 14.8 Å². The van der Waals surface area contributed by atoms with E-state index in [-0.39, 0.29) is 5.91 Å². The molecule has 0 aliphatic heterocycles. The van der Waals surface area contributed by atoms with Gasteiger partial charge in [-0.05, 0) is 51.0 Å². The molecular weight excluding hydrogens is 310 g/mol. The molecular formula is C18H25NO5. The van der Waals surface area contributed by atoms with Gasteiger partial charge in [-0.2, -0.15) is 0 Å². The molecule has 2 rings (SSSR count). The van der Waals surface area contributed by atoms with E-state index in [2.05, 4.69) is 5.32 Å². The number of aliphatic carboxylic acids is 1. The number of ether oxygens (including phenoxy) is 2. The van der Waals surface area contributed by atoms with Crippen LogP contribution in [0.2, 0.25) is 0 Å². The van der Waals surface area contributed by atoms with E-state index in [0.717, 1.165) is 12.8 Å². The second-order valence-electron chi connectivity index (χ2n) is 6.48. The van der Waals surface area contributed by atoms with Gasteiger partial charge in [0.2, 0.25) is 0 Å². The fraction of sp³-hybridized carbons (Fsp3) is 0.556. The van der Waals surface area contributed by atoms with Crippen LogP contribution in [-0.4, -0.2) is 35.7 Å². The summed E-state index contributed by atoms with van der Waals surface area (Å²) < 4.78 is 10.7. The minimum atomic E-state index is -0.860. The summed E-state index contributed by atoms with van der Waals surface area (Å²) in [6, 6.07) is 6.96. The van der Waals surface area contributed by atoms with Gasteiger partial charge in [0.15, 0.2) is 6.10 Å². The molecule has 0 bridgehead atoms. The Kier molecular flexibility index (Phi) is 5.70. The Balaban J connectivity index is 2.00. The van der Waals surface area contributed by atoms with Gasteiger partial charge in [-0.3, -0.25) is 9.59 Å². The van der Waals surface area contributed by atoms with Gasteiger partial charge < -0.3 is 19.9 Å². The molecule has 6 heteroatoms. The van der Waals surface area contributed by atoms with Gasteiger partial charge in [0.1, 0.15) is 11.5 Å². The van der Waals surface area contributed by atoms with Crippen molar-refractivity contribution in [3.05, 3.63) is 24.3 Å². The Labute approximate surface area is 142 Å². The van der Waals surface area contributed by atoms with Crippen LogP contribution in [0.1, 0.15) is 39.5 Å². The summed E-state index contributed by atoms with van der Waals surface area (Å²) in [5.74, 6) is -0.466. The standard InChI is InChI=1S/C18H25NO5/c1-12(24-14-9-7-13(23-3)8-10-14)16(20)19-18(2)11-5-4-6-15(18)17(21)22/h7-10,12,15H,4-6,11H2,1-3H3,(H,19,20)(H,21,22). The molecule has 1 aromatic rings. The number of amides is 1. The van der Waals surface area contributed by atoms with Gasteiger partial charge in [0.05, 0.1) is 18.6 Å². The summed E-state index contributed by atoms with van der Waals surface area (Å²) in [7, 11) is 1.58. The maximum absolute atomic E-state index is 12.5. The van der Waals surface area contributed by atoms with Crippen LogP contribution in [0.3, 0.4) is 0 Å². The van der Waals surface area contributed by atoms with Crippen molar-refractivity contribution in [3.8, 4) is 11.5 Å². The number of carbonyl (C=O) groups is 2. The maximum atomic E-state index is 12.5. The molecule has 0 spiro atoms. The smallest absolute Gasteiger partial charge is 0.308 e. The highest BCUT2D eigenvalue weighted by Crippen LogP contribution is 2.34. The zero-order chi connectivity index (χ0) is 17.7. The van der Waals surface area contributed by atoms with Crippen LogP contribution in [0, 0.1) is 5.92 Å². The van der Waals surface area contributed by atoms with E-state index < -0.39 is 23.5 Å². The topological polar surface area (TPSA) is 84.9 Å². The number of hydrogen-bond acceptors (Lipinski definition) is 4. The predicted octanol–water partition coefficient (Wildman–Crippen LogP) is 2.61. The molecule has 0 saturated heterocycles. The average Bonchev–Trinajstić information content (AvgIpc) is 2.55. The van der Waals surface area contributed by atoms with Crippen LogP contribution in [0.25, 0.3) is 0 Å². The summed E-state index contributed by atoms with van der Waals surface area (Å²) in [5, 5.41) is 12.3. The van der Waals surface area contributed by atoms with E-state index in [1.54, 1.807) is 38.3 Å². The monoisotopic (exact) mass is 335 g/mol. The Hall–Kier alpha value is -2.24. The third-order valence-electron chi connectivity index (χ3n) is 4.66. The molecule has 1 fully saturated rings. The quantitative estimate of drug-likeness (QED) is 0.835. The van der Waals surface area contributed by atoms with E-state index in [1.165, 1.54) is 0 Å². The fourth-order valence-corrected chi connectivity index (χ4v) is 3.17. The molecule has 1 amide bonds. The van der Waals surface area contributed by atoms with Crippen LogP contribution in [0.4, 0.5) is 0 Å². The van der Waals surface area contributed by atoms with Crippen molar-refractivity contribution in [3.63, 3.8) is 0 Å². The number of carboxylic acids is 1. The normalized spacial score (nSPS) is 24.7. The molecule has 24 heavy (non-hydrogen) atoms. The summed E-state index contributed by atoms with van der Waals surface area (Å²) in [6.07, 6.45) is 2.31. The first-order valence-electron chi connectivity index (χ1n) is 8.21. The molecule has 132 valence electrons. The number of carbonyl (C=O) groups excluding carboxylic acids is 1. The van der Waals surface area contributed by atoms with Crippen molar-refractivity contribution in [2.75, 3.05) is 7.11 Å². The molecule has 6 nitrogen and oxygen atoms in total. The Morgan fingerprint density at radius 3 is 2.46 bits per heavy atom. The van der Waals surface area contributed by atoms with Crippen molar-refractivity contribution in [1.82, 2.24) is 5.32 Å². The first kappa shape index (κ1) is 18.1. The molecule has 1 saturated carbocycles. The first-order valence-corrected chi connectivity index (χ1v) is 8.21. The number of benzene rings is 1. The highest BCUT2D eigenvalue weighted by molar-refractivity contribution is 5.83. The molecule has 1 aliphatic carbocycles. The van der Waals surface area contributed by atoms with E-state index in [9.17, 15) is 14.7 Å². The number of carboxylic acid groups (broad SMARTS) is 1. The van der Waals surface area contributed by atoms with E-state index in [1.807, 2.05) is 6.92 Å². The number of rotatable bonds is 6. The lowest BCUT2D eigenvalue weighted by molar-refractivity contribution is -0.147. The molecule has 1 aliphatic rings. The molecule has 0 aromatic heterocycles. The van der Waals surface area contributed by atoms with Gasteiger partial charge in [-0.1, -0.05) is 12.8 Å². The number of methoxy groups -OCH3 is 1. The van der Waals surface area contributed by atoms with Crippen molar-refractivity contribution in [1.29, 1.82) is 0 Å². The summed E-state index contributed by atoms with van der Waals surface area (Å²) in [5.41, 5.74) is -0.737. The van der Waals surface area contributed by atoms with Gasteiger partial charge in [0.25, 0.3) is 5.91 Å². The Morgan fingerprint density at radius 2 is 1.88 bits per heavy atom. The van der Waals surface area contributed by atoms with Crippen molar-refractivity contribution in [2.45, 2.75) is 51.2 Å². The predicted molar refractivity (Wildman–Crippen MR) is 89.2 cm³/mol. The average molecular weight is 335 g/mol. The number of hydrogen-bond donors (Lipinski definition) is 2. The van der Waals surface area contributed by atoms with Gasteiger partial charge >= 0.3 is 5.97 Å². The minimum absolute atomic E-state index is 0.304. The van der Waals surface area contributed by atoms with Gasteiger partial charge in [-0.25, -0.2) is 0 Å². The lowest BCUT2D eigenvalue weighted by atomic mass is 9.74. The number of nitrogens with one attached hydrogen (secondary N) is 1. The minimum Gasteiger partial charge on any atom is -0.497 e. The van der Waals surface area contributed by atoms with Crippen LogP contribution in [0.5, 0.6) is 11.5 Å². The van der Waals surface area contributed by atoms with Crippen LogP contribution in [-0.2, 0) is 9.59 Å². The Bertz CT molecular complexity index is 586. The van der Waals surface area contributed by atoms with Gasteiger partial charge in [0, 0.05) is 0 Å². The first-order chi connectivity index (χ1) is 11.4. The van der Waals surface area contributed by atoms with E-state index >= 15 is 0 Å². The SMILES string of the molecule is COc1ccc(OC(C)C(=O)NC2(C)CCCCC2C(=O)O)cc1. The second kappa shape index (κ2) is 7.55. The van der Waals surface area contributed by atoms with E-state index in [4.69, 9.17) is 9.47 Å². The zero-order valence-corrected chi connectivity index (χ0v) is 14.4. The maximum Gasteiger partial charge on any atom is 0.308 e. The third kappa shape index (κ3) is 4.19. The third-order valence-corrected chi connectivity index (χ3v) is 4.66. The molecule has 1 aromatic carbocycles. The molecule has 3 atom stereocenters. The highest BCUT2D eigenvalue weighted by Gasteiger charge is 2.42. The summed E-state index contributed by atoms with van der Waals surface area (Å²) >= 11 is 0.